The summed E-state index contributed by atoms with van der Waals surface area (Å²) < 4.78 is 29.3. The highest BCUT2D eigenvalue weighted by molar-refractivity contribution is 7.91. The second-order valence-corrected chi connectivity index (χ2v) is 8.28. The summed E-state index contributed by atoms with van der Waals surface area (Å²) in [4.78, 5) is 6.59. The molecule has 2 aromatic rings. The molecule has 0 saturated carbocycles. The van der Waals surface area contributed by atoms with Crippen molar-refractivity contribution < 1.29 is 12.8 Å². The average Bonchev–Trinajstić information content (AvgIpc) is 3.10. The lowest BCUT2D eigenvalue weighted by molar-refractivity contribution is 0.227. The summed E-state index contributed by atoms with van der Waals surface area (Å²) in [5.41, 5.74) is 1.71. The molecule has 1 aliphatic rings. The summed E-state index contributed by atoms with van der Waals surface area (Å²) in [5, 5.41) is 0. The van der Waals surface area contributed by atoms with Gasteiger partial charge in [-0.2, -0.15) is 0 Å². The van der Waals surface area contributed by atoms with Gasteiger partial charge in [-0.15, -0.1) is 6.42 Å². The van der Waals surface area contributed by atoms with E-state index in [-0.39, 0.29) is 17.5 Å². The number of benzene rings is 1. The maximum atomic E-state index is 11.7. The van der Waals surface area contributed by atoms with Crippen LogP contribution in [0.3, 0.4) is 0 Å². The number of hydrogen-bond acceptors (Lipinski definition) is 5. The fourth-order valence-electron chi connectivity index (χ4n) is 2.97. The summed E-state index contributed by atoms with van der Waals surface area (Å²) in [7, 11) is -2.95. The molecular formula is C18H20N2O3S. The van der Waals surface area contributed by atoms with Gasteiger partial charge in [0.1, 0.15) is 5.76 Å². The largest absolute Gasteiger partial charge is 0.441 e. The minimum Gasteiger partial charge on any atom is -0.441 e. The standard InChI is InChI=1S/C18H20N2O3S/c1-3-10-20(16-9-11-24(21,22)13-16)12-17-14(2)23-18(19-17)15-7-5-4-6-8-15/h1,4-8,16H,9-13H2,2H3/t16-/m1/s1. The van der Waals surface area contributed by atoms with Crippen molar-refractivity contribution in [2.24, 2.45) is 0 Å². The first-order valence-electron chi connectivity index (χ1n) is 7.88. The SMILES string of the molecule is C#CCN(Cc1nc(-c2ccccc2)oc1C)[C@@H]1CCS(=O)(=O)C1. The Labute approximate surface area is 142 Å². The van der Waals surface area contributed by atoms with Gasteiger partial charge in [0.2, 0.25) is 5.89 Å². The number of nitrogens with zero attached hydrogens (tertiary/aromatic N) is 2. The monoisotopic (exact) mass is 344 g/mol. The topological polar surface area (TPSA) is 63.4 Å². The lowest BCUT2D eigenvalue weighted by atomic mass is 10.2. The predicted octanol–water partition coefficient (Wildman–Crippen LogP) is 2.27. The zero-order chi connectivity index (χ0) is 17.2. The molecule has 1 atom stereocenters. The van der Waals surface area contributed by atoms with Crippen LogP contribution in [-0.2, 0) is 16.4 Å². The highest BCUT2D eigenvalue weighted by Crippen LogP contribution is 2.24. The zero-order valence-corrected chi connectivity index (χ0v) is 14.4. The average molecular weight is 344 g/mol. The van der Waals surface area contributed by atoms with Crippen molar-refractivity contribution in [3.63, 3.8) is 0 Å². The summed E-state index contributed by atoms with van der Waals surface area (Å²) in [6, 6.07) is 9.64. The highest BCUT2D eigenvalue weighted by Gasteiger charge is 2.32. The molecule has 0 spiro atoms. The van der Waals surface area contributed by atoms with Crippen molar-refractivity contribution in [3.05, 3.63) is 41.8 Å². The van der Waals surface area contributed by atoms with Crippen LogP contribution >= 0.6 is 0 Å². The fraction of sp³-hybridized carbons (Fsp3) is 0.389. The molecule has 0 N–H and O–H groups in total. The van der Waals surface area contributed by atoms with Crippen molar-refractivity contribution in [3.8, 4) is 23.8 Å². The lowest BCUT2D eigenvalue weighted by Gasteiger charge is -2.24. The van der Waals surface area contributed by atoms with Crippen LogP contribution in [0.1, 0.15) is 17.9 Å². The first-order valence-corrected chi connectivity index (χ1v) is 9.70. The van der Waals surface area contributed by atoms with Crippen LogP contribution in [0.15, 0.2) is 34.7 Å². The molecule has 1 saturated heterocycles. The number of aromatic nitrogens is 1. The minimum atomic E-state index is -2.95. The first kappa shape index (κ1) is 16.7. The van der Waals surface area contributed by atoms with Crippen LogP contribution in [0.2, 0.25) is 0 Å². The fourth-order valence-corrected chi connectivity index (χ4v) is 4.73. The molecule has 1 fully saturated rings. The van der Waals surface area contributed by atoms with E-state index >= 15 is 0 Å². The molecule has 126 valence electrons. The van der Waals surface area contributed by atoms with Crippen LogP contribution in [0.25, 0.3) is 11.5 Å². The van der Waals surface area contributed by atoms with Gasteiger partial charge in [-0.25, -0.2) is 13.4 Å². The third-order valence-corrected chi connectivity index (χ3v) is 6.04. The molecule has 2 heterocycles. The molecule has 1 aromatic carbocycles. The van der Waals surface area contributed by atoms with Gasteiger partial charge in [0.15, 0.2) is 9.84 Å². The van der Waals surface area contributed by atoms with Crippen molar-refractivity contribution >= 4 is 9.84 Å². The normalized spacial score (nSPS) is 19.5. The van der Waals surface area contributed by atoms with Gasteiger partial charge in [-0.3, -0.25) is 4.90 Å². The van der Waals surface area contributed by atoms with Crippen LogP contribution < -0.4 is 0 Å². The number of terminal acetylenes is 1. The van der Waals surface area contributed by atoms with Gasteiger partial charge in [0.25, 0.3) is 0 Å². The molecule has 1 aliphatic heterocycles. The Kier molecular flexibility index (Phi) is 4.74. The van der Waals surface area contributed by atoms with Crippen LogP contribution in [0.4, 0.5) is 0 Å². The van der Waals surface area contributed by atoms with E-state index < -0.39 is 9.84 Å². The van der Waals surface area contributed by atoms with Crippen LogP contribution in [0, 0.1) is 19.3 Å². The van der Waals surface area contributed by atoms with Gasteiger partial charge >= 0.3 is 0 Å². The maximum Gasteiger partial charge on any atom is 0.226 e. The van der Waals surface area contributed by atoms with Gasteiger partial charge < -0.3 is 4.42 Å². The molecule has 3 rings (SSSR count). The Hall–Kier alpha value is -2.10. The van der Waals surface area contributed by atoms with Gasteiger partial charge in [0.05, 0.1) is 23.7 Å². The van der Waals surface area contributed by atoms with E-state index in [2.05, 4.69) is 10.9 Å². The Balaban J connectivity index is 1.81. The van der Waals surface area contributed by atoms with E-state index in [9.17, 15) is 8.42 Å². The second-order valence-electron chi connectivity index (χ2n) is 6.05. The Morgan fingerprint density at radius 3 is 2.75 bits per heavy atom. The Bertz CT molecular complexity index is 850. The van der Waals surface area contributed by atoms with E-state index in [0.29, 0.717) is 25.4 Å². The van der Waals surface area contributed by atoms with E-state index in [0.717, 1.165) is 17.0 Å². The number of rotatable bonds is 5. The van der Waals surface area contributed by atoms with E-state index in [1.54, 1.807) is 0 Å². The Morgan fingerprint density at radius 2 is 2.12 bits per heavy atom. The summed E-state index contributed by atoms with van der Waals surface area (Å²) in [6.07, 6.45) is 6.09. The molecule has 0 aliphatic carbocycles. The number of aryl methyl sites for hydroxylation is 1. The van der Waals surface area contributed by atoms with E-state index in [1.165, 1.54) is 0 Å². The zero-order valence-electron chi connectivity index (χ0n) is 13.6. The van der Waals surface area contributed by atoms with Gasteiger partial charge in [-0.1, -0.05) is 24.1 Å². The highest BCUT2D eigenvalue weighted by atomic mass is 32.2. The molecule has 0 unspecified atom stereocenters. The predicted molar refractivity (Wildman–Crippen MR) is 93.0 cm³/mol. The Morgan fingerprint density at radius 1 is 1.38 bits per heavy atom. The van der Waals surface area contributed by atoms with E-state index in [4.69, 9.17) is 10.8 Å². The minimum absolute atomic E-state index is 0.0534. The molecule has 24 heavy (non-hydrogen) atoms. The third-order valence-electron chi connectivity index (χ3n) is 4.29. The molecule has 0 amide bonds. The van der Waals surface area contributed by atoms with Crippen molar-refractivity contribution in [2.75, 3.05) is 18.1 Å². The number of hydrogen-bond donors (Lipinski definition) is 0. The van der Waals surface area contributed by atoms with Crippen molar-refractivity contribution in [1.82, 2.24) is 9.88 Å². The number of oxazole rings is 1. The lowest BCUT2D eigenvalue weighted by Crippen LogP contribution is -2.36. The van der Waals surface area contributed by atoms with Gasteiger partial charge in [0, 0.05) is 18.2 Å². The summed E-state index contributed by atoms with van der Waals surface area (Å²) in [6.45, 7) is 2.76. The molecular weight excluding hydrogens is 324 g/mol. The van der Waals surface area contributed by atoms with E-state index in [1.807, 2.05) is 42.2 Å². The molecule has 6 heteroatoms. The second kappa shape index (κ2) is 6.80. The summed E-state index contributed by atoms with van der Waals surface area (Å²) >= 11 is 0. The van der Waals surface area contributed by atoms with Crippen molar-refractivity contribution in [1.29, 1.82) is 0 Å². The van der Waals surface area contributed by atoms with Gasteiger partial charge in [-0.05, 0) is 25.5 Å². The smallest absolute Gasteiger partial charge is 0.226 e. The molecule has 0 radical (unpaired) electrons. The maximum absolute atomic E-state index is 11.7. The quantitative estimate of drug-likeness (QED) is 0.779. The summed E-state index contributed by atoms with van der Waals surface area (Å²) in [5.74, 6) is 4.32. The number of sulfone groups is 1. The van der Waals surface area contributed by atoms with Crippen LogP contribution in [0.5, 0.6) is 0 Å². The molecule has 1 aromatic heterocycles. The third kappa shape index (κ3) is 3.69. The molecule has 5 nitrogen and oxygen atoms in total. The van der Waals surface area contributed by atoms with Crippen LogP contribution in [-0.4, -0.2) is 42.4 Å². The molecule has 0 bridgehead atoms. The first-order chi connectivity index (χ1) is 11.5. The van der Waals surface area contributed by atoms with Crippen molar-refractivity contribution in [2.45, 2.75) is 25.9 Å².